The molecule has 0 fully saturated rings. The minimum Gasteiger partial charge on any atom is -0.494 e. The lowest BCUT2D eigenvalue weighted by molar-refractivity contribution is 0.0954. The summed E-state index contributed by atoms with van der Waals surface area (Å²) in [6.07, 6.45) is 3.68. The largest absolute Gasteiger partial charge is 0.494 e. The summed E-state index contributed by atoms with van der Waals surface area (Å²) >= 11 is 0. The Balaban J connectivity index is 2.01. The number of amides is 1. The van der Waals surface area contributed by atoms with E-state index in [9.17, 15) is 4.79 Å². The van der Waals surface area contributed by atoms with Gasteiger partial charge in [-0.3, -0.25) is 4.79 Å². The third kappa shape index (κ3) is 5.64. The molecule has 1 amide bonds. The molecule has 0 bridgehead atoms. The fraction of sp³-hybridized carbons (Fsp3) is 0.333. The summed E-state index contributed by atoms with van der Waals surface area (Å²) in [5.41, 5.74) is 3.67. The number of methoxy groups -OCH3 is 3. The minimum absolute atomic E-state index is 0.339. The van der Waals surface area contributed by atoms with E-state index >= 15 is 0 Å². The smallest absolute Gasteiger partial charge is 0.271 e. The number of carbonyl (C=O) groups is 1. The van der Waals surface area contributed by atoms with E-state index in [-0.39, 0.29) is 0 Å². The number of hydrogen-bond acceptors (Lipinski definition) is 6. The maximum absolute atomic E-state index is 12.4. The molecule has 0 saturated heterocycles. The summed E-state index contributed by atoms with van der Waals surface area (Å²) in [5, 5.41) is 4.00. The number of rotatable bonds is 10. The summed E-state index contributed by atoms with van der Waals surface area (Å²) in [5.74, 6) is 1.64. The molecule has 7 nitrogen and oxygen atoms in total. The van der Waals surface area contributed by atoms with Gasteiger partial charge in [-0.1, -0.05) is 13.3 Å². The topological polar surface area (TPSA) is 78.4 Å². The van der Waals surface area contributed by atoms with Crippen LogP contribution >= 0.6 is 0 Å². The lowest BCUT2D eigenvalue weighted by atomic mass is 10.1. The first-order valence-corrected chi connectivity index (χ1v) is 8.99. The number of hydrazone groups is 1. The first kappa shape index (κ1) is 21.1. The van der Waals surface area contributed by atoms with Crippen molar-refractivity contribution in [3.05, 3.63) is 47.5 Å². The highest BCUT2D eigenvalue weighted by molar-refractivity contribution is 5.96. The van der Waals surface area contributed by atoms with Crippen LogP contribution in [0.25, 0.3) is 0 Å². The van der Waals surface area contributed by atoms with Gasteiger partial charge < -0.3 is 18.9 Å². The molecular weight excluding hydrogens is 360 g/mol. The molecule has 2 rings (SSSR count). The Hall–Kier alpha value is -3.22. The van der Waals surface area contributed by atoms with E-state index in [4.69, 9.17) is 18.9 Å². The number of hydrogen-bond donors (Lipinski definition) is 1. The Labute approximate surface area is 165 Å². The van der Waals surface area contributed by atoms with Gasteiger partial charge in [-0.25, -0.2) is 5.43 Å². The van der Waals surface area contributed by atoms with Gasteiger partial charge >= 0.3 is 0 Å². The Kier molecular flexibility index (Phi) is 8.14. The van der Waals surface area contributed by atoms with Crippen molar-refractivity contribution in [2.24, 2.45) is 5.10 Å². The molecule has 0 atom stereocenters. The molecular formula is C21H26N2O5. The number of nitrogens with one attached hydrogen (secondary N) is 1. The quantitative estimate of drug-likeness (QED) is 0.383. The predicted molar refractivity (Wildman–Crippen MR) is 108 cm³/mol. The van der Waals surface area contributed by atoms with Gasteiger partial charge in [0.25, 0.3) is 5.91 Å². The average Bonchev–Trinajstić information content (AvgIpc) is 2.73. The zero-order valence-corrected chi connectivity index (χ0v) is 16.7. The second-order valence-electron chi connectivity index (χ2n) is 5.88. The van der Waals surface area contributed by atoms with Crippen molar-refractivity contribution in [2.45, 2.75) is 19.8 Å². The van der Waals surface area contributed by atoms with Crippen LogP contribution in [0.5, 0.6) is 23.0 Å². The van der Waals surface area contributed by atoms with Crippen LogP contribution in [0.3, 0.4) is 0 Å². The van der Waals surface area contributed by atoms with Crippen LogP contribution in [0.1, 0.15) is 35.7 Å². The van der Waals surface area contributed by atoms with Gasteiger partial charge in [0.15, 0.2) is 11.5 Å². The summed E-state index contributed by atoms with van der Waals surface area (Å²) in [6.45, 7) is 2.82. The Morgan fingerprint density at radius 3 is 2.21 bits per heavy atom. The van der Waals surface area contributed by atoms with E-state index in [2.05, 4.69) is 17.5 Å². The van der Waals surface area contributed by atoms with Crippen LogP contribution < -0.4 is 24.4 Å². The van der Waals surface area contributed by atoms with E-state index < -0.39 is 5.91 Å². The molecule has 0 saturated carbocycles. The standard InChI is InChI=1S/C21H26N2O5/c1-5-6-11-28-17-9-7-15(8-10-17)14-22-23-21(24)16-12-18(25-2)20(27-4)19(13-16)26-3/h7-10,12-14H,5-6,11H2,1-4H3,(H,23,24)/b22-14+. The summed E-state index contributed by atoms with van der Waals surface area (Å²) < 4.78 is 21.4. The van der Waals surface area contributed by atoms with Crippen molar-refractivity contribution in [3.8, 4) is 23.0 Å². The van der Waals surface area contributed by atoms with Gasteiger partial charge in [0.1, 0.15) is 5.75 Å². The third-order valence-corrected chi connectivity index (χ3v) is 3.95. The van der Waals surface area contributed by atoms with Gasteiger partial charge in [-0.15, -0.1) is 0 Å². The Morgan fingerprint density at radius 2 is 1.68 bits per heavy atom. The van der Waals surface area contributed by atoms with Crippen molar-refractivity contribution >= 4 is 12.1 Å². The molecule has 0 unspecified atom stereocenters. The number of ether oxygens (including phenoxy) is 4. The van der Waals surface area contributed by atoms with Crippen molar-refractivity contribution in [1.29, 1.82) is 0 Å². The summed E-state index contributed by atoms with van der Waals surface area (Å²) in [7, 11) is 4.49. The maximum Gasteiger partial charge on any atom is 0.271 e. The van der Waals surface area contributed by atoms with E-state index in [1.165, 1.54) is 21.3 Å². The first-order valence-electron chi connectivity index (χ1n) is 8.99. The molecule has 0 radical (unpaired) electrons. The number of nitrogens with zero attached hydrogens (tertiary/aromatic N) is 1. The predicted octanol–water partition coefficient (Wildman–Crippen LogP) is 3.66. The fourth-order valence-electron chi connectivity index (χ4n) is 2.43. The monoisotopic (exact) mass is 386 g/mol. The van der Waals surface area contributed by atoms with Crippen LogP contribution in [0.2, 0.25) is 0 Å². The van der Waals surface area contributed by atoms with E-state index in [0.29, 0.717) is 29.4 Å². The van der Waals surface area contributed by atoms with Crippen LogP contribution in [0, 0.1) is 0 Å². The molecule has 0 spiro atoms. The average molecular weight is 386 g/mol. The zero-order valence-electron chi connectivity index (χ0n) is 16.7. The molecule has 0 aromatic heterocycles. The summed E-state index contributed by atoms with van der Waals surface area (Å²) in [4.78, 5) is 12.4. The summed E-state index contributed by atoms with van der Waals surface area (Å²) in [6, 6.07) is 10.6. The molecule has 0 aliphatic heterocycles. The van der Waals surface area contributed by atoms with Gasteiger partial charge in [0.05, 0.1) is 34.2 Å². The first-order chi connectivity index (χ1) is 13.6. The maximum atomic E-state index is 12.4. The van der Waals surface area contributed by atoms with Crippen LogP contribution in [0.15, 0.2) is 41.5 Å². The minimum atomic E-state index is -0.393. The Morgan fingerprint density at radius 1 is 1.04 bits per heavy atom. The molecule has 150 valence electrons. The van der Waals surface area contributed by atoms with Crippen LogP contribution in [0.4, 0.5) is 0 Å². The highest BCUT2D eigenvalue weighted by Crippen LogP contribution is 2.38. The lowest BCUT2D eigenvalue weighted by Gasteiger charge is -2.13. The van der Waals surface area contributed by atoms with Crippen molar-refractivity contribution in [2.75, 3.05) is 27.9 Å². The Bertz CT molecular complexity index is 778. The molecule has 0 aliphatic rings. The fourth-order valence-corrected chi connectivity index (χ4v) is 2.43. The zero-order chi connectivity index (χ0) is 20.4. The van der Waals surface area contributed by atoms with Gasteiger partial charge in [-0.05, 0) is 48.4 Å². The second kappa shape index (κ2) is 10.8. The van der Waals surface area contributed by atoms with Gasteiger partial charge in [-0.2, -0.15) is 5.10 Å². The third-order valence-electron chi connectivity index (χ3n) is 3.95. The molecule has 0 heterocycles. The highest BCUT2D eigenvalue weighted by atomic mass is 16.5. The number of benzene rings is 2. The highest BCUT2D eigenvalue weighted by Gasteiger charge is 2.16. The van der Waals surface area contributed by atoms with Crippen LogP contribution in [-0.2, 0) is 0 Å². The van der Waals surface area contributed by atoms with E-state index in [1.54, 1.807) is 18.3 Å². The number of unbranched alkanes of at least 4 members (excludes halogenated alkanes) is 1. The molecule has 1 N–H and O–H groups in total. The number of carbonyl (C=O) groups excluding carboxylic acids is 1. The SMILES string of the molecule is CCCCOc1ccc(/C=N/NC(=O)c2cc(OC)c(OC)c(OC)c2)cc1. The van der Waals surface area contributed by atoms with Gasteiger partial charge in [0.2, 0.25) is 5.75 Å². The molecule has 7 heteroatoms. The van der Waals surface area contributed by atoms with Crippen molar-refractivity contribution in [1.82, 2.24) is 5.43 Å². The van der Waals surface area contributed by atoms with Gasteiger partial charge in [0, 0.05) is 5.56 Å². The molecule has 28 heavy (non-hydrogen) atoms. The van der Waals surface area contributed by atoms with E-state index in [1.807, 2.05) is 24.3 Å². The molecule has 0 aliphatic carbocycles. The van der Waals surface area contributed by atoms with E-state index in [0.717, 1.165) is 24.2 Å². The van der Waals surface area contributed by atoms with Crippen molar-refractivity contribution < 1.29 is 23.7 Å². The van der Waals surface area contributed by atoms with Crippen LogP contribution in [-0.4, -0.2) is 40.1 Å². The van der Waals surface area contributed by atoms with Crippen molar-refractivity contribution in [3.63, 3.8) is 0 Å². The normalized spacial score (nSPS) is 10.6. The lowest BCUT2D eigenvalue weighted by Crippen LogP contribution is -2.18. The molecule has 2 aromatic rings. The second-order valence-corrected chi connectivity index (χ2v) is 5.88. The molecule has 2 aromatic carbocycles.